The van der Waals surface area contributed by atoms with Crippen LogP contribution in [0.25, 0.3) is 90.9 Å². The van der Waals surface area contributed by atoms with E-state index in [1.807, 2.05) is 0 Å². The first-order valence-corrected chi connectivity index (χ1v) is 20.9. The molecule has 8 bridgehead atoms. The molecule has 72 heavy (non-hydrogen) atoms. The summed E-state index contributed by atoms with van der Waals surface area (Å²) in [5, 5.41) is 81.1. The van der Waals surface area contributed by atoms with Crippen LogP contribution in [0.5, 0.6) is 0 Å². The SMILES string of the molecule is O=C(O)c1cc(C(=O)O)cc(-c2c3nc(c(-c4cc(C(=O)O)cc(C(=O)O)c4)c4ccc([nH]4)c(-c4cc(C(=O)O)cc(C(=O)O)c4)c4ccc([nH]4)c(-c4cc(C(=O)O)cc(C(=O)O)c4)c4nc2C=C4)C=C3)c1. The van der Waals surface area contributed by atoms with E-state index in [-0.39, 0.29) is 89.4 Å². The first kappa shape index (κ1) is 46.4. The fourth-order valence-corrected chi connectivity index (χ4v) is 8.50. The number of rotatable bonds is 12. The standard InChI is InChI=1S/C52H30N4O16/c57-45(58)25-9-21(10-26(17-25)46(59)60)41-33-1-2-34(53-33)42(22-11-27(47(61)62)18-28(12-22)48(63)64)36-5-6-38(55-36)44(24-15-31(51(69)70)20-32(16-24)52(71)72)40-8-7-39(56-40)43(37-4-3-35(41)54-37)23-13-29(49(65)66)19-30(14-23)50(67)68/h1-20,53-54H,(H,57,58)(H,59,60)(H,61,62)(H,63,64)(H,65,66)(H,67,68)(H,69,70)(H,71,72). The van der Waals surface area contributed by atoms with Gasteiger partial charge in [-0.15, -0.1) is 0 Å². The predicted octanol–water partition coefficient (Wildman–Crippen LogP) is 8.91. The number of aromatic carboxylic acids is 8. The molecule has 4 aromatic carbocycles. The van der Waals surface area contributed by atoms with E-state index in [1.54, 1.807) is 0 Å². The molecule has 5 heterocycles. The van der Waals surface area contributed by atoms with Crippen LogP contribution in [0.15, 0.2) is 97.1 Å². The number of carbonyl (C=O) groups is 8. The van der Waals surface area contributed by atoms with E-state index in [1.165, 1.54) is 97.1 Å². The topological polar surface area (TPSA) is 356 Å². The van der Waals surface area contributed by atoms with E-state index in [0.29, 0.717) is 0 Å². The Hall–Kier alpha value is -10.8. The lowest BCUT2D eigenvalue weighted by Gasteiger charge is -2.10. The van der Waals surface area contributed by atoms with Crippen molar-refractivity contribution in [1.29, 1.82) is 0 Å². The van der Waals surface area contributed by atoms with Gasteiger partial charge in [-0.2, -0.15) is 0 Å². The Balaban J connectivity index is 1.54. The molecule has 0 aliphatic carbocycles. The number of fused-ring (bicyclic) bond motifs is 8. The number of aromatic amines is 2. The van der Waals surface area contributed by atoms with Gasteiger partial charge in [0.1, 0.15) is 0 Å². The molecule has 20 nitrogen and oxygen atoms in total. The highest BCUT2D eigenvalue weighted by Gasteiger charge is 2.25. The van der Waals surface area contributed by atoms with Gasteiger partial charge in [-0.25, -0.2) is 48.3 Å². The van der Waals surface area contributed by atoms with E-state index in [9.17, 15) is 79.2 Å². The van der Waals surface area contributed by atoms with Crippen LogP contribution >= 0.6 is 0 Å². The van der Waals surface area contributed by atoms with E-state index < -0.39 is 92.3 Å². The van der Waals surface area contributed by atoms with Gasteiger partial charge < -0.3 is 50.8 Å². The van der Waals surface area contributed by atoms with Crippen LogP contribution in [0, 0.1) is 0 Å². The molecule has 0 fully saturated rings. The summed E-state index contributed by atoms with van der Waals surface area (Å²) >= 11 is 0. The van der Waals surface area contributed by atoms with Crippen molar-refractivity contribution in [1.82, 2.24) is 19.9 Å². The van der Waals surface area contributed by atoms with Crippen LogP contribution in [-0.4, -0.2) is 109 Å². The molecule has 3 aromatic heterocycles. The van der Waals surface area contributed by atoms with Crippen molar-refractivity contribution in [3.05, 3.63) is 164 Å². The summed E-state index contributed by atoms with van der Waals surface area (Å²) in [5.41, 5.74) is -2.24. The number of hydrogen-bond donors (Lipinski definition) is 10. The molecule has 0 spiro atoms. The van der Waals surface area contributed by atoms with Crippen LogP contribution in [0.3, 0.4) is 0 Å². The summed E-state index contributed by atoms with van der Waals surface area (Å²) in [4.78, 5) is 116. The monoisotopic (exact) mass is 966 g/mol. The summed E-state index contributed by atoms with van der Waals surface area (Å²) < 4.78 is 0. The normalized spacial score (nSPS) is 11.6. The third kappa shape index (κ3) is 8.56. The van der Waals surface area contributed by atoms with E-state index in [2.05, 4.69) is 9.97 Å². The molecule has 354 valence electrons. The highest BCUT2D eigenvalue weighted by atomic mass is 16.4. The lowest BCUT2D eigenvalue weighted by molar-refractivity contribution is 0.0676. The van der Waals surface area contributed by atoms with E-state index in [4.69, 9.17) is 9.97 Å². The van der Waals surface area contributed by atoms with Crippen molar-refractivity contribution in [3.63, 3.8) is 0 Å². The Morgan fingerprint density at radius 2 is 0.472 bits per heavy atom. The van der Waals surface area contributed by atoms with Gasteiger partial charge in [0, 0.05) is 44.3 Å². The average Bonchev–Trinajstić information content (AvgIpc) is 4.19. The number of hydrogen-bond acceptors (Lipinski definition) is 10. The summed E-state index contributed by atoms with van der Waals surface area (Å²) in [7, 11) is 0. The summed E-state index contributed by atoms with van der Waals surface area (Å²) in [6.07, 6.45) is 5.87. The van der Waals surface area contributed by atoms with E-state index in [0.717, 1.165) is 24.3 Å². The molecule has 7 aromatic rings. The second-order valence-corrected chi connectivity index (χ2v) is 16.1. The smallest absolute Gasteiger partial charge is 0.335 e. The average molecular weight is 967 g/mol. The zero-order chi connectivity index (χ0) is 51.4. The zero-order valence-electron chi connectivity index (χ0n) is 36.3. The molecule has 9 rings (SSSR count). The van der Waals surface area contributed by atoms with Gasteiger partial charge in [-0.05, 0) is 144 Å². The van der Waals surface area contributed by atoms with Crippen LogP contribution in [0.1, 0.15) is 106 Å². The maximum absolute atomic E-state index is 12.5. The molecular formula is C52H30N4O16. The van der Waals surface area contributed by atoms with Crippen LogP contribution in [0.2, 0.25) is 0 Å². The number of carboxylic acids is 8. The second kappa shape index (κ2) is 17.7. The lowest BCUT2D eigenvalue weighted by Crippen LogP contribution is -2.04. The summed E-state index contributed by atoms with van der Waals surface area (Å²) in [5.74, 6) is -11.8. The zero-order valence-corrected chi connectivity index (χ0v) is 36.3. The molecule has 0 atom stereocenters. The largest absolute Gasteiger partial charge is 0.478 e. The van der Waals surface area contributed by atoms with Gasteiger partial charge >= 0.3 is 47.8 Å². The van der Waals surface area contributed by atoms with Crippen LogP contribution < -0.4 is 0 Å². The number of benzene rings is 4. The van der Waals surface area contributed by atoms with Crippen molar-refractivity contribution in [3.8, 4) is 44.5 Å². The molecule has 0 radical (unpaired) electrons. The minimum Gasteiger partial charge on any atom is -0.478 e. The molecule has 0 saturated heterocycles. The minimum absolute atomic E-state index is 0.0103. The quantitative estimate of drug-likeness (QED) is 0.0546. The molecule has 0 unspecified atom stereocenters. The Bertz CT molecular complexity index is 3610. The highest BCUT2D eigenvalue weighted by molar-refractivity contribution is 6.06. The van der Waals surface area contributed by atoms with Gasteiger partial charge in [0.2, 0.25) is 0 Å². The fraction of sp³-hybridized carbons (Fsp3) is 0. The third-order valence-electron chi connectivity index (χ3n) is 11.6. The molecular weight excluding hydrogens is 937 g/mol. The minimum atomic E-state index is -1.48. The fourth-order valence-electron chi connectivity index (χ4n) is 8.50. The van der Waals surface area contributed by atoms with Gasteiger partial charge in [0.25, 0.3) is 0 Å². The van der Waals surface area contributed by atoms with Gasteiger partial charge in [-0.1, -0.05) is 0 Å². The van der Waals surface area contributed by atoms with Crippen molar-refractivity contribution in [2.75, 3.05) is 0 Å². The van der Waals surface area contributed by atoms with Gasteiger partial charge in [0.15, 0.2) is 0 Å². The molecule has 2 aliphatic rings. The molecule has 20 heteroatoms. The predicted molar refractivity (Wildman–Crippen MR) is 256 cm³/mol. The number of nitrogens with one attached hydrogen (secondary N) is 2. The first-order chi connectivity index (χ1) is 34.2. The maximum Gasteiger partial charge on any atom is 0.335 e. The molecule has 0 saturated carbocycles. The molecule has 0 amide bonds. The number of nitrogens with zero attached hydrogens (tertiary/aromatic N) is 2. The maximum atomic E-state index is 12.5. The second-order valence-electron chi connectivity index (χ2n) is 16.1. The lowest BCUT2D eigenvalue weighted by atomic mass is 9.97. The van der Waals surface area contributed by atoms with Gasteiger partial charge in [-0.3, -0.25) is 0 Å². The highest BCUT2D eigenvalue weighted by Crippen LogP contribution is 2.40. The van der Waals surface area contributed by atoms with Crippen LogP contribution in [-0.2, 0) is 0 Å². The molecule has 2 aliphatic heterocycles. The Labute approximate surface area is 401 Å². The first-order valence-electron chi connectivity index (χ1n) is 20.9. The number of H-pyrrole nitrogens is 2. The van der Waals surface area contributed by atoms with Crippen LogP contribution in [0.4, 0.5) is 0 Å². The van der Waals surface area contributed by atoms with E-state index >= 15 is 0 Å². The Morgan fingerprint density at radius 3 is 0.708 bits per heavy atom. The Kier molecular flexibility index (Phi) is 11.4. The number of carboxylic acid groups (broad SMARTS) is 8. The number of aromatic nitrogens is 4. The van der Waals surface area contributed by atoms with Crippen molar-refractivity contribution in [2.45, 2.75) is 0 Å². The molecule has 10 N–H and O–H groups in total. The van der Waals surface area contributed by atoms with Crippen molar-refractivity contribution in [2.24, 2.45) is 0 Å². The van der Waals surface area contributed by atoms with Crippen molar-refractivity contribution < 1.29 is 79.2 Å². The summed E-state index contributed by atoms with van der Waals surface area (Å²) in [6.45, 7) is 0. The summed E-state index contributed by atoms with van der Waals surface area (Å²) in [6, 6.07) is 19.5. The van der Waals surface area contributed by atoms with Gasteiger partial charge in [0.05, 0.1) is 67.3 Å². The third-order valence-corrected chi connectivity index (χ3v) is 11.6. The Morgan fingerprint density at radius 1 is 0.278 bits per heavy atom. The van der Waals surface area contributed by atoms with Crippen molar-refractivity contribution >= 4 is 94.1 Å².